The molecular weight excluding hydrogens is 535 g/mol. The van der Waals surface area contributed by atoms with Gasteiger partial charge in [-0.1, -0.05) is 34.4 Å². The first-order valence-electron chi connectivity index (χ1n) is 12.0. The van der Waals surface area contributed by atoms with E-state index in [9.17, 15) is 4.79 Å². The lowest BCUT2D eigenvalue weighted by Crippen LogP contribution is -2.40. The van der Waals surface area contributed by atoms with Gasteiger partial charge in [-0.2, -0.15) is 16.7 Å². The zero-order chi connectivity index (χ0) is 26.2. The summed E-state index contributed by atoms with van der Waals surface area (Å²) in [5.41, 5.74) is 1.72. The number of piperidine rings is 1. The predicted octanol–water partition coefficient (Wildman–Crippen LogP) is 5.32. The fraction of sp³-hybridized carbons (Fsp3) is 0.423. The standard InChI is InChI=1S/C26H30Cl2N4O4S/c1-34-22-7-6-18(14-23(22)35-2)25-30-24(36-31-25)15-32-11-8-17(9-12-32)26(33)29-10-13-37-16-19-20(27)4-3-5-21(19)28/h3-7,14,17H,8-13,15-16H2,1-2H3,(H,29,33). The summed E-state index contributed by atoms with van der Waals surface area (Å²) in [6.07, 6.45) is 1.59. The van der Waals surface area contributed by atoms with Crippen LogP contribution in [-0.4, -0.2) is 60.6 Å². The summed E-state index contributed by atoms with van der Waals surface area (Å²) < 4.78 is 16.1. The van der Waals surface area contributed by atoms with E-state index < -0.39 is 0 Å². The summed E-state index contributed by atoms with van der Waals surface area (Å²) in [4.78, 5) is 19.4. The summed E-state index contributed by atoms with van der Waals surface area (Å²) >= 11 is 14.1. The highest BCUT2D eigenvalue weighted by molar-refractivity contribution is 7.98. The van der Waals surface area contributed by atoms with E-state index in [-0.39, 0.29) is 11.8 Å². The highest BCUT2D eigenvalue weighted by Gasteiger charge is 2.26. The molecule has 0 bridgehead atoms. The summed E-state index contributed by atoms with van der Waals surface area (Å²) in [7, 11) is 3.18. The van der Waals surface area contributed by atoms with Crippen LogP contribution in [0.1, 0.15) is 24.3 Å². The van der Waals surface area contributed by atoms with Crippen LogP contribution in [0.4, 0.5) is 0 Å². The minimum Gasteiger partial charge on any atom is -0.493 e. The van der Waals surface area contributed by atoms with Gasteiger partial charge in [0.1, 0.15) is 0 Å². The fourth-order valence-corrected chi connectivity index (χ4v) is 5.79. The van der Waals surface area contributed by atoms with Crippen molar-refractivity contribution in [1.82, 2.24) is 20.4 Å². The second-order valence-corrected chi connectivity index (χ2v) is 10.6. The number of amides is 1. The molecule has 8 nitrogen and oxygen atoms in total. The molecule has 1 N–H and O–H groups in total. The van der Waals surface area contributed by atoms with Crippen LogP contribution in [0, 0.1) is 5.92 Å². The Hall–Kier alpha value is -2.46. The molecule has 0 spiro atoms. The first-order valence-corrected chi connectivity index (χ1v) is 13.9. The fourth-order valence-electron chi connectivity index (χ4n) is 4.19. The molecule has 37 heavy (non-hydrogen) atoms. The third kappa shape index (κ3) is 7.31. The van der Waals surface area contributed by atoms with Crippen molar-refractivity contribution in [2.45, 2.75) is 25.1 Å². The number of rotatable bonds is 11. The van der Waals surface area contributed by atoms with Crippen LogP contribution < -0.4 is 14.8 Å². The van der Waals surface area contributed by atoms with E-state index in [1.165, 1.54) is 0 Å². The van der Waals surface area contributed by atoms with Crippen LogP contribution >= 0.6 is 35.0 Å². The minimum atomic E-state index is 0.0178. The average molecular weight is 566 g/mol. The van der Waals surface area contributed by atoms with E-state index in [1.54, 1.807) is 26.0 Å². The van der Waals surface area contributed by atoms with Crippen LogP contribution in [0.2, 0.25) is 10.0 Å². The SMILES string of the molecule is COc1ccc(-c2noc(CN3CCC(C(=O)NCCSCc4c(Cl)cccc4Cl)CC3)n2)cc1OC. The van der Waals surface area contributed by atoms with Gasteiger partial charge < -0.3 is 19.3 Å². The van der Waals surface area contributed by atoms with Gasteiger partial charge in [-0.15, -0.1) is 0 Å². The van der Waals surface area contributed by atoms with Crippen molar-refractivity contribution in [2.24, 2.45) is 5.92 Å². The van der Waals surface area contributed by atoms with Crippen molar-refractivity contribution in [3.63, 3.8) is 0 Å². The van der Waals surface area contributed by atoms with Crippen LogP contribution in [-0.2, 0) is 17.1 Å². The number of benzene rings is 2. The minimum absolute atomic E-state index is 0.0178. The van der Waals surface area contributed by atoms with E-state index >= 15 is 0 Å². The molecule has 198 valence electrons. The van der Waals surface area contributed by atoms with Crippen molar-refractivity contribution in [3.8, 4) is 22.9 Å². The van der Waals surface area contributed by atoms with Crippen LogP contribution in [0.5, 0.6) is 11.5 Å². The Kier molecular flexibility index (Phi) is 9.96. The van der Waals surface area contributed by atoms with Gasteiger partial charge in [-0.25, -0.2) is 0 Å². The number of methoxy groups -OCH3 is 2. The molecule has 0 unspecified atom stereocenters. The van der Waals surface area contributed by atoms with Gasteiger partial charge >= 0.3 is 0 Å². The maximum atomic E-state index is 12.6. The van der Waals surface area contributed by atoms with Crippen molar-refractivity contribution in [2.75, 3.05) is 39.6 Å². The van der Waals surface area contributed by atoms with Gasteiger partial charge in [0.25, 0.3) is 0 Å². The molecule has 1 amide bonds. The lowest BCUT2D eigenvalue weighted by atomic mass is 9.96. The molecule has 0 radical (unpaired) electrons. The molecule has 3 aromatic rings. The van der Waals surface area contributed by atoms with E-state index in [1.807, 2.05) is 36.4 Å². The average Bonchev–Trinajstić information content (AvgIpc) is 3.38. The highest BCUT2D eigenvalue weighted by atomic mass is 35.5. The molecule has 1 aliphatic heterocycles. The first kappa shape index (κ1) is 27.6. The number of halogens is 2. The van der Waals surface area contributed by atoms with Crippen molar-refractivity contribution >= 4 is 40.9 Å². The number of hydrogen-bond donors (Lipinski definition) is 1. The Labute approximate surface area is 231 Å². The van der Waals surface area contributed by atoms with E-state index in [0.29, 0.717) is 46.3 Å². The van der Waals surface area contributed by atoms with Gasteiger partial charge in [0.05, 0.1) is 20.8 Å². The topological polar surface area (TPSA) is 89.7 Å². The van der Waals surface area contributed by atoms with Crippen molar-refractivity contribution in [3.05, 3.63) is 57.9 Å². The van der Waals surface area contributed by atoms with Gasteiger partial charge in [-0.05, 0) is 61.8 Å². The predicted molar refractivity (Wildman–Crippen MR) is 146 cm³/mol. The normalized spacial score (nSPS) is 14.5. The molecule has 0 aliphatic carbocycles. The number of nitrogens with one attached hydrogen (secondary N) is 1. The Morgan fingerprint density at radius 2 is 1.86 bits per heavy atom. The number of likely N-dealkylation sites (tertiary alicyclic amines) is 1. The molecule has 1 aromatic heterocycles. The molecule has 1 fully saturated rings. The number of thioether (sulfide) groups is 1. The van der Waals surface area contributed by atoms with Gasteiger partial charge in [0.2, 0.25) is 17.6 Å². The van der Waals surface area contributed by atoms with E-state index in [2.05, 4.69) is 20.4 Å². The highest BCUT2D eigenvalue weighted by Crippen LogP contribution is 2.31. The van der Waals surface area contributed by atoms with E-state index in [0.717, 1.165) is 48.6 Å². The summed E-state index contributed by atoms with van der Waals surface area (Å²) in [5.74, 6) is 3.94. The summed E-state index contributed by atoms with van der Waals surface area (Å²) in [6.45, 7) is 2.76. The molecular formula is C26H30Cl2N4O4S. The second kappa shape index (κ2) is 13.4. The number of nitrogens with zero attached hydrogens (tertiary/aromatic N) is 3. The molecule has 0 atom stereocenters. The summed E-state index contributed by atoms with van der Waals surface area (Å²) in [5, 5.41) is 8.53. The van der Waals surface area contributed by atoms with Crippen molar-refractivity contribution in [1.29, 1.82) is 0 Å². The largest absolute Gasteiger partial charge is 0.493 e. The Balaban J connectivity index is 1.18. The number of ether oxygens (including phenoxy) is 2. The van der Waals surface area contributed by atoms with Crippen LogP contribution in [0.3, 0.4) is 0 Å². The molecule has 11 heteroatoms. The number of hydrogen-bond acceptors (Lipinski definition) is 8. The number of carbonyl (C=O) groups excluding carboxylic acids is 1. The lowest BCUT2D eigenvalue weighted by molar-refractivity contribution is -0.126. The van der Waals surface area contributed by atoms with E-state index in [4.69, 9.17) is 37.2 Å². The zero-order valence-corrected chi connectivity index (χ0v) is 23.2. The summed E-state index contributed by atoms with van der Waals surface area (Å²) in [6, 6.07) is 11.0. The Morgan fingerprint density at radius 1 is 1.14 bits per heavy atom. The Morgan fingerprint density at radius 3 is 2.57 bits per heavy atom. The van der Waals surface area contributed by atoms with Gasteiger partial charge in [-0.3, -0.25) is 9.69 Å². The third-order valence-electron chi connectivity index (χ3n) is 6.28. The molecule has 2 aromatic carbocycles. The molecule has 1 aliphatic rings. The smallest absolute Gasteiger partial charge is 0.241 e. The van der Waals surface area contributed by atoms with Crippen LogP contribution in [0.25, 0.3) is 11.4 Å². The second-order valence-electron chi connectivity index (χ2n) is 8.68. The monoisotopic (exact) mass is 564 g/mol. The maximum Gasteiger partial charge on any atom is 0.241 e. The maximum absolute atomic E-state index is 12.6. The van der Waals surface area contributed by atoms with Crippen molar-refractivity contribution < 1.29 is 18.8 Å². The molecule has 2 heterocycles. The number of aromatic nitrogens is 2. The Bertz CT molecular complexity index is 1180. The molecule has 1 saturated heterocycles. The van der Waals surface area contributed by atoms with Gasteiger partial charge in [0, 0.05) is 39.6 Å². The van der Waals surface area contributed by atoms with Crippen LogP contribution in [0.15, 0.2) is 40.9 Å². The zero-order valence-electron chi connectivity index (χ0n) is 20.8. The molecule has 4 rings (SSSR count). The lowest BCUT2D eigenvalue weighted by Gasteiger charge is -2.30. The van der Waals surface area contributed by atoms with Gasteiger partial charge in [0.15, 0.2) is 11.5 Å². The quantitative estimate of drug-likeness (QED) is 0.313. The first-order chi connectivity index (χ1) is 18.0. The molecule has 0 saturated carbocycles. The third-order valence-corrected chi connectivity index (χ3v) is 7.97. The number of carbonyl (C=O) groups is 1.